The zero-order chi connectivity index (χ0) is 16.0. The van der Waals surface area contributed by atoms with E-state index < -0.39 is 0 Å². The maximum atomic E-state index is 6.38. The Bertz CT molecular complexity index is 949. The van der Waals surface area contributed by atoms with E-state index in [0.717, 1.165) is 28.4 Å². The molecule has 2 heterocycles. The Morgan fingerprint density at radius 2 is 1.83 bits per heavy atom. The van der Waals surface area contributed by atoms with Gasteiger partial charge >= 0.3 is 0 Å². The zero-order valence-corrected chi connectivity index (χ0v) is 14.8. The van der Waals surface area contributed by atoms with Gasteiger partial charge in [-0.05, 0) is 40.2 Å². The summed E-state index contributed by atoms with van der Waals surface area (Å²) in [7, 11) is 0. The monoisotopic (exact) mass is 406 g/mol. The Morgan fingerprint density at radius 1 is 1.00 bits per heavy atom. The SMILES string of the molecule is Clc1ccc2c(c1)C(c1ccccc1Cl)=NCc1nnc(Br)n1-2. The summed E-state index contributed by atoms with van der Waals surface area (Å²) in [5, 5.41) is 9.54. The summed E-state index contributed by atoms with van der Waals surface area (Å²) in [5.41, 5.74) is 3.47. The molecular formula is C16H9BrCl2N4. The molecule has 0 fully saturated rings. The molecule has 0 bridgehead atoms. The van der Waals surface area contributed by atoms with E-state index in [0.29, 0.717) is 21.3 Å². The lowest BCUT2D eigenvalue weighted by Crippen LogP contribution is -2.08. The highest BCUT2D eigenvalue weighted by Crippen LogP contribution is 2.31. The van der Waals surface area contributed by atoms with Crippen LogP contribution in [0, 0.1) is 0 Å². The van der Waals surface area contributed by atoms with Crippen molar-refractivity contribution in [3.63, 3.8) is 0 Å². The molecule has 0 unspecified atom stereocenters. The van der Waals surface area contributed by atoms with Crippen molar-refractivity contribution in [2.24, 2.45) is 4.99 Å². The Balaban J connectivity index is 2.03. The second-order valence-corrected chi connectivity index (χ2v) is 6.58. The van der Waals surface area contributed by atoms with E-state index in [-0.39, 0.29) is 0 Å². The van der Waals surface area contributed by atoms with Crippen molar-refractivity contribution >= 4 is 44.8 Å². The van der Waals surface area contributed by atoms with E-state index in [2.05, 4.69) is 26.1 Å². The predicted molar refractivity (Wildman–Crippen MR) is 94.9 cm³/mol. The van der Waals surface area contributed by atoms with Crippen molar-refractivity contribution < 1.29 is 0 Å². The van der Waals surface area contributed by atoms with Gasteiger partial charge in [0.05, 0.1) is 11.4 Å². The van der Waals surface area contributed by atoms with Crippen molar-refractivity contribution in [3.8, 4) is 5.69 Å². The van der Waals surface area contributed by atoms with Gasteiger partial charge in [0, 0.05) is 21.2 Å². The molecule has 1 aliphatic rings. The van der Waals surface area contributed by atoms with Crippen LogP contribution < -0.4 is 0 Å². The number of halogens is 3. The summed E-state index contributed by atoms with van der Waals surface area (Å²) in [4.78, 5) is 4.72. The molecule has 0 saturated carbocycles. The first-order valence-corrected chi connectivity index (χ1v) is 8.39. The number of hydrogen-bond acceptors (Lipinski definition) is 3. The van der Waals surface area contributed by atoms with Gasteiger partial charge in [-0.1, -0.05) is 41.4 Å². The third-order valence-electron chi connectivity index (χ3n) is 3.65. The van der Waals surface area contributed by atoms with Crippen molar-refractivity contribution in [1.29, 1.82) is 0 Å². The van der Waals surface area contributed by atoms with Crippen LogP contribution in [0.4, 0.5) is 0 Å². The summed E-state index contributed by atoms with van der Waals surface area (Å²) < 4.78 is 2.56. The average molecular weight is 408 g/mol. The lowest BCUT2D eigenvalue weighted by Gasteiger charge is -2.13. The third-order valence-corrected chi connectivity index (χ3v) is 4.73. The van der Waals surface area contributed by atoms with Gasteiger partial charge in [0.2, 0.25) is 4.73 Å². The molecule has 23 heavy (non-hydrogen) atoms. The predicted octanol–water partition coefficient (Wildman–Crippen LogP) is 4.69. The first-order valence-electron chi connectivity index (χ1n) is 6.84. The van der Waals surface area contributed by atoms with Crippen LogP contribution in [0.5, 0.6) is 0 Å². The summed E-state index contributed by atoms with van der Waals surface area (Å²) in [5.74, 6) is 0.752. The van der Waals surface area contributed by atoms with Crippen LogP contribution in [0.25, 0.3) is 5.69 Å². The second-order valence-electron chi connectivity index (χ2n) is 5.03. The standard InChI is InChI=1S/C16H9BrCl2N4/c17-16-22-21-14-8-20-15(10-3-1-2-4-12(10)19)11-7-9(18)5-6-13(11)23(14)16/h1-7H,8H2. The minimum atomic E-state index is 0.408. The smallest absolute Gasteiger partial charge is 0.204 e. The number of benzene rings is 2. The quantitative estimate of drug-likeness (QED) is 0.587. The number of aromatic nitrogens is 3. The van der Waals surface area contributed by atoms with Crippen LogP contribution in [0.15, 0.2) is 52.2 Å². The Morgan fingerprint density at radius 3 is 2.65 bits per heavy atom. The van der Waals surface area contributed by atoms with Crippen LogP contribution in [-0.4, -0.2) is 20.5 Å². The van der Waals surface area contributed by atoms with Crippen LogP contribution in [0.2, 0.25) is 10.0 Å². The average Bonchev–Trinajstić information content (AvgIpc) is 2.82. The van der Waals surface area contributed by atoms with Gasteiger partial charge in [0.25, 0.3) is 0 Å². The number of aliphatic imine (C=N–C) groups is 1. The van der Waals surface area contributed by atoms with Crippen molar-refractivity contribution in [1.82, 2.24) is 14.8 Å². The maximum Gasteiger partial charge on any atom is 0.204 e. The molecule has 0 N–H and O–H groups in total. The molecule has 0 amide bonds. The number of nitrogens with zero attached hydrogens (tertiary/aromatic N) is 4. The first kappa shape index (κ1) is 14.9. The highest BCUT2D eigenvalue weighted by molar-refractivity contribution is 9.10. The first-order chi connectivity index (χ1) is 11.1. The highest BCUT2D eigenvalue weighted by atomic mass is 79.9. The molecule has 0 atom stereocenters. The molecule has 1 aromatic heterocycles. The van der Waals surface area contributed by atoms with Crippen LogP contribution >= 0.6 is 39.1 Å². The lowest BCUT2D eigenvalue weighted by atomic mass is 10.0. The highest BCUT2D eigenvalue weighted by Gasteiger charge is 2.23. The second kappa shape index (κ2) is 5.74. The van der Waals surface area contributed by atoms with Gasteiger partial charge in [-0.15, -0.1) is 10.2 Å². The maximum absolute atomic E-state index is 6.38. The molecule has 1 aliphatic heterocycles. The number of fused-ring (bicyclic) bond motifs is 3. The molecule has 7 heteroatoms. The van der Waals surface area contributed by atoms with Gasteiger partial charge in [-0.3, -0.25) is 9.56 Å². The molecule has 4 rings (SSSR count). The fourth-order valence-corrected chi connectivity index (χ4v) is 3.52. The van der Waals surface area contributed by atoms with E-state index >= 15 is 0 Å². The molecule has 0 saturated heterocycles. The topological polar surface area (TPSA) is 43.1 Å². The molecular weight excluding hydrogens is 399 g/mol. The molecule has 2 aromatic carbocycles. The Labute approximate surface area is 150 Å². The van der Waals surface area contributed by atoms with E-state index in [9.17, 15) is 0 Å². The van der Waals surface area contributed by atoms with E-state index in [1.807, 2.05) is 47.0 Å². The minimum Gasteiger partial charge on any atom is -0.276 e. The minimum absolute atomic E-state index is 0.408. The fraction of sp³-hybridized carbons (Fsp3) is 0.0625. The molecule has 0 spiro atoms. The van der Waals surface area contributed by atoms with Gasteiger partial charge in [-0.2, -0.15) is 0 Å². The van der Waals surface area contributed by atoms with Gasteiger partial charge < -0.3 is 0 Å². The molecule has 0 radical (unpaired) electrons. The normalized spacial score (nSPS) is 13.1. The van der Waals surface area contributed by atoms with Crippen molar-refractivity contribution in [3.05, 3.63) is 74.2 Å². The lowest BCUT2D eigenvalue weighted by molar-refractivity contribution is 0.866. The molecule has 0 aliphatic carbocycles. The van der Waals surface area contributed by atoms with E-state index in [1.54, 1.807) is 0 Å². The number of rotatable bonds is 1. The fourth-order valence-electron chi connectivity index (χ4n) is 2.65. The molecule has 3 aromatic rings. The van der Waals surface area contributed by atoms with Crippen LogP contribution in [0.3, 0.4) is 0 Å². The molecule has 114 valence electrons. The van der Waals surface area contributed by atoms with Gasteiger partial charge in [0.15, 0.2) is 5.82 Å². The zero-order valence-electron chi connectivity index (χ0n) is 11.7. The Hall–Kier alpha value is -1.69. The van der Waals surface area contributed by atoms with E-state index in [4.69, 9.17) is 28.2 Å². The Kier molecular flexibility index (Phi) is 3.71. The largest absolute Gasteiger partial charge is 0.276 e. The summed E-state index contributed by atoms with van der Waals surface area (Å²) in [6.07, 6.45) is 0. The van der Waals surface area contributed by atoms with Crippen molar-refractivity contribution in [2.45, 2.75) is 6.54 Å². The van der Waals surface area contributed by atoms with Crippen LogP contribution in [-0.2, 0) is 6.54 Å². The third kappa shape index (κ3) is 2.49. The summed E-state index contributed by atoms with van der Waals surface area (Å²) in [6.45, 7) is 0.408. The molecule has 4 nitrogen and oxygen atoms in total. The van der Waals surface area contributed by atoms with Crippen LogP contribution in [0.1, 0.15) is 17.0 Å². The van der Waals surface area contributed by atoms with Gasteiger partial charge in [-0.25, -0.2) is 0 Å². The van der Waals surface area contributed by atoms with E-state index in [1.165, 1.54) is 0 Å². The summed E-state index contributed by atoms with van der Waals surface area (Å²) >= 11 is 16.0. The number of hydrogen-bond donors (Lipinski definition) is 0. The summed E-state index contributed by atoms with van der Waals surface area (Å²) in [6, 6.07) is 13.3. The van der Waals surface area contributed by atoms with Crippen molar-refractivity contribution in [2.75, 3.05) is 0 Å². The van der Waals surface area contributed by atoms with Gasteiger partial charge in [0.1, 0.15) is 6.54 Å².